The summed E-state index contributed by atoms with van der Waals surface area (Å²) in [7, 11) is 0. The molecule has 1 N–H and O–H groups in total. The first-order valence-corrected chi connectivity index (χ1v) is 7.45. The molecule has 0 spiro atoms. The predicted octanol–water partition coefficient (Wildman–Crippen LogP) is 3.38. The van der Waals surface area contributed by atoms with E-state index in [4.69, 9.17) is 16.3 Å². The summed E-state index contributed by atoms with van der Waals surface area (Å²) in [6, 6.07) is 11.2. The third-order valence-electron chi connectivity index (χ3n) is 3.70. The average Bonchev–Trinajstić information content (AvgIpc) is 2.90. The smallest absolute Gasteiger partial charge is 0.380 e. The minimum Gasteiger partial charge on any atom is -0.507 e. The van der Waals surface area contributed by atoms with Crippen LogP contribution in [0.25, 0.3) is 5.76 Å². The Morgan fingerprint density at radius 1 is 1.08 bits per heavy atom. The van der Waals surface area contributed by atoms with E-state index in [0.717, 1.165) is 0 Å². The van der Waals surface area contributed by atoms with Crippen molar-refractivity contribution in [3.05, 3.63) is 80.4 Å². The fraction of sp³-hybridized carbons (Fsp3) is 0.0588. The quantitative estimate of drug-likeness (QED) is 0.225. The summed E-state index contributed by atoms with van der Waals surface area (Å²) >= 11 is 5.79. The molecule has 0 aliphatic carbocycles. The Balaban J connectivity index is 2.07. The maximum atomic E-state index is 12.1. The number of Topliss-reactive ketones (excluding diaryl/α,β-unsaturated/α-hetero) is 1. The molecule has 1 fully saturated rings. The number of halogens is 1. The number of benzene rings is 2. The molecule has 8 heteroatoms. The first-order valence-electron chi connectivity index (χ1n) is 7.07. The Labute approximate surface area is 146 Å². The number of esters is 1. The number of ketones is 1. The topological polar surface area (TPSA) is 107 Å². The molecule has 2 aromatic carbocycles. The Kier molecular flexibility index (Phi) is 4.24. The zero-order chi connectivity index (χ0) is 18.1. The van der Waals surface area contributed by atoms with E-state index in [2.05, 4.69) is 0 Å². The van der Waals surface area contributed by atoms with Crippen LogP contribution in [-0.2, 0) is 14.3 Å². The molecule has 2 aromatic rings. The first kappa shape index (κ1) is 16.7. The van der Waals surface area contributed by atoms with Crippen LogP contribution in [0, 0.1) is 10.1 Å². The number of non-ortho nitro benzene ring substituents is 1. The molecule has 7 nitrogen and oxygen atoms in total. The lowest BCUT2D eigenvalue weighted by Crippen LogP contribution is -2.08. The third kappa shape index (κ3) is 3.09. The van der Waals surface area contributed by atoms with E-state index in [0.29, 0.717) is 10.6 Å². The van der Waals surface area contributed by atoms with Gasteiger partial charge in [-0.3, -0.25) is 14.9 Å². The van der Waals surface area contributed by atoms with Gasteiger partial charge in [-0.1, -0.05) is 11.6 Å². The summed E-state index contributed by atoms with van der Waals surface area (Å²) in [5.41, 5.74) is 0.256. The lowest BCUT2D eigenvalue weighted by molar-refractivity contribution is -0.384. The standard InChI is InChI=1S/C17H10ClNO6/c18-11-5-1-9(2-6-11)14(20)13-15(21)17(22)25-16(13)10-3-7-12(8-4-10)19(23)24/h1-8,16,20H/b14-13-. The second-order valence-electron chi connectivity index (χ2n) is 5.23. The number of ether oxygens (including phenoxy) is 1. The van der Waals surface area contributed by atoms with Crippen LogP contribution in [0.15, 0.2) is 54.1 Å². The maximum absolute atomic E-state index is 12.1. The van der Waals surface area contributed by atoms with E-state index in [1.807, 2.05) is 0 Å². The average molecular weight is 360 g/mol. The molecule has 1 aliphatic rings. The van der Waals surface area contributed by atoms with Crippen molar-refractivity contribution in [2.45, 2.75) is 6.10 Å². The molecule has 1 saturated heterocycles. The zero-order valence-corrected chi connectivity index (χ0v) is 13.3. The van der Waals surface area contributed by atoms with Crippen LogP contribution in [0.4, 0.5) is 5.69 Å². The molecule has 0 bridgehead atoms. The van der Waals surface area contributed by atoms with Gasteiger partial charge in [-0.05, 0) is 42.0 Å². The lowest BCUT2D eigenvalue weighted by atomic mass is 9.96. The lowest BCUT2D eigenvalue weighted by Gasteiger charge is -2.12. The monoisotopic (exact) mass is 359 g/mol. The minimum atomic E-state index is -1.14. The van der Waals surface area contributed by atoms with Crippen LogP contribution < -0.4 is 0 Å². The van der Waals surface area contributed by atoms with E-state index >= 15 is 0 Å². The van der Waals surface area contributed by atoms with Crippen LogP contribution in [0.2, 0.25) is 5.02 Å². The molecule has 1 atom stereocenters. The molecule has 0 aromatic heterocycles. The Morgan fingerprint density at radius 2 is 1.68 bits per heavy atom. The van der Waals surface area contributed by atoms with Crippen LogP contribution in [-0.4, -0.2) is 21.8 Å². The van der Waals surface area contributed by atoms with Gasteiger partial charge in [0.25, 0.3) is 11.5 Å². The summed E-state index contributed by atoms with van der Waals surface area (Å²) in [5, 5.41) is 21.6. The number of nitrogens with zero attached hydrogens (tertiary/aromatic N) is 1. The second kappa shape index (κ2) is 6.37. The molecular weight excluding hydrogens is 350 g/mol. The van der Waals surface area contributed by atoms with Crippen LogP contribution >= 0.6 is 11.6 Å². The van der Waals surface area contributed by atoms with Crippen molar-refractivity contribution in [3.8, 4) is 0 Å². The zero-order valence-electron chi connectivity index (χ0n) is 12.5. The number of aliphatic hydroxyl groups is 1. The van der Waals surface area contributed by atoms with Crippen molar-refractivity contribution >= 4 is 34.8 Å². The number of aliphatic hydroxyl groups excluding tert-OH is 1. The molecule has 3 rings (SSSR count). The normalized spacial score (nSPS) is 18.8. The largest absolute Gasteiger partial charge is 0.507 e. The molecule has 1 heterocycles. The molecule has 1 unspecified atom stereocenters. The predicted molar refractivity (Wildman–Crippen MR) is 87.9 cm³/mol. The van der Waals surface area contributed by atoms with Gasteiger partial charge in [-0.15, -0.1) is 0 Å². The van der Waals surface area contributed by atoms with Gasteiger partial charge >= 0.3 is 5.97 Å². The van der Waals surface area contributed by atoms with Crippen LogP contribution in [0.5, 0.6) is 0 Å². The maximum Gasteiger partial charge on any atom is 0.380 e. The van der Waals surface area contributed by atoms with Crippen LogP contribution in [0.3, 0.4) is 0 Å². The van der Waals surface area contributed by atoms with E-state index in [1.54, 1.807) is 0 Å². The highest BCUT2D eigenvalue weighted by Crippen LogP contribution is 2.37. The van der Waals surface area contributed by atoms with Gasteiger partial charge in [0.2, 0.25) is 0 Å². The fourth-order valence-electron chi connectivity index (χ4n) is 2.45. The van der Waals surface area contributed by atoms with E-state index < -0.39 is 28.5 Å². The molecule has 1 aliphatic heterocycles. The van der Waals surface area contributed by atoms with Gasteiger partial charge in [-0.25, -0.2) is 4.79 Å². The van der Waals surface area contributed by atoms with Crippen molar-refractivity contribution in [1.82, 2.24) is 0 Å². The highest BCUT2D eigenvalue weighted by molar-refractivity contribution is 6.44. The van der Waals surface area contributed by atoms with Crippen molar-refractivity contribution in [2.24, 2.45) is 0 Å². The Morgan fingerprint density at radius 3 is 2.24 bits per heavy atom. The fourth-order valence-corrected chi connectivity index (χ4v) is 2.58. The number of nitro benzene ring substituents is 1. The van der Waals surface area contributed by atoms with Gasteiger partial charge in [-0.2, -0.15) is 0 Å². The Bertz CT molecular complexity index is 902. The molecule has 0 saturated carbocycles. The number of carbonyl (C=O) groups excluding carboxylic acids is 2. The summed E-state index contributed by atoms with van der Waals surface area (Å²) in [5.74, 6) is -2.47. The summed E-state index contributed by atoms with van der Waals surface area (Å²) in [4.78, 5) is 34.0. The van der Waals surface area contributed by atoms with Gasteiger partial charge in [0, 0.05) is 22.7 Å². The number of cyclic esters (lactones) is 1. The van der Waals surface area contributed by atoms with Crippen molar-refractivity contribution in [1.29, 1.82) is 0 Å². The molecule has 0 radical (unpaired) electrons. The van der Waals surface area contributed by atoms with Gasteiger partial charge < -0.3 is 9.84 Å². The van der Waals surface area contributed by atoms with Crippen LogP contribution in [0.1, 0.15) is 17.2 Å². The summed E-state index contributed by atoms with van der Waals surface area (Å²) in [6.07, 6.45) is -1.14. The number of carbonyl (C=O) groups is 2. The SMILES string of the molecule is O=C1OC(c2ccc([N+](=O)[O-])cc2)/C(=C(\O)c2ccc(Cl)cc2)C1=O. The van der Waals surface area contributed by atoms with Crippen molar-refractivity contribution < 1.29 is 24.4 Å². The Hall–Kier alpha value is -3.19. The summed E-state index contributed by atoms with van der Waals surface area (Å²) < 4.78 is 5.04. The number of hydrogen-bond donors (Lipinski definition) is 1. The van der Waals surface area contributed by atoms with Crippen molar-refractivity contribution in [2.75, 3.05) is 0 Å². The van der Waals surface area contributed by atoms with Gasteiger partial charge in [0.1, 0.15) is 5.76 Å². The van der Waals surface area contributed by atoms with E-state index in [9.17, 15) is 24.8 Å². The molecule has 126 valence electrons. The number of nitro groups is 1. The highest BCUT2D eigenvalue weighted by Gasteiger charge is 2.42. The highest BCUT2D eigenvalue weighted by atomic mass is 35.5. The van der Waals surface area contributed by atoms with E-state index in [-0.39, 0.29) is 16.8 Å². The van der Waals surface area contributed by atoms with Crippen molar-refractivity contribution in [3.63, 3.8) is 0 Å². The molecule has 0 amide bonds. The first-order chi connectivity index (χ1) is 11.9. The third-order valence-corrected chi connectivity index (χ3v) is 3.95. The number of rotatable bonds is 3. The van der Waals surface area contributed by atoms with Gasteiger partial charge in [0.15, 0.2) is 6.10 Å². The van der Waals surface area contributed by atoms with Gasteiger partial charge in [0.05, 0.1) is 10.5 Å². The second-order valence-corrected chi connectivity index (χ2v) is 5.67. The minimum absolute atomic E-state index is 0.146. The van der Waals surface area contributed by atoms with E-state index in [1.165, 1.54) is 48.5 Å². The summed E-state index contributed by atoms with van der Waals surface area (Å²) in [6.45, 7) is 0. The number of hydrogen-bond acceptors (Lipinski definition) is 6. The molecule has 25 heavy (non-hydrogen) atoms. The molecular formula is C17H10ClNO6.